The average molecular weight is 353 g/mol. The van der Waals surface area contributed by atoms with Crippen LogP contribution in [-0.4, -0.2) is 21.2 Å². The standard InChI is InChI=1S/C16H11F4N3O2/c17-10-3-8(4-11(24)6-10)7-21-15(25)14-12-5-9(16(18,19)20)1-2-13(12)22-23-14/h1-6,24H,7H2,(H,21,25)(H,22,23). The number of carbonyl (C=O) groups is 1. The van der Waals surface area contributed by atoms with E-state index in [0.717, 1.165) is 24.3 Å². The molecule has 5 nitrogen and oxygen atoms in total. The summed E-state index contributed by atoms with van der Waals surface area (Å²) in [6.45, 7) is -0.128. The summed E-state index contributed by atoms with van der Waals surface area (Å²) in [6, 6.07) is 6.19. The molecule has 0 aliphatic carbocycles. The smallest absolute Gasteiger partial charge is 0.416 e. The highest BCUT2D eigenvalue weighted by Crippen LogP contribution is 2.31. The number of phenols is 1. The maximum atomic E-state index is 13.2. The molecule has 0 radical (unpaired) electrons. The summed E-state index contributed by atoms with van der Waals surface area (Å²) >= 11 is 0. The molecule has 0 fully saturated rings. The Balaban J connectivity index is 1.84. The number of amides is 1. The molecule has 130 valence electrons. The molecule has 0 unspecified atom stereocenters. The summed E-state index contributed by atoms with van der Waals surface area (Å²) in [7, 11) is 0. The molecule has 0 bridgehead atoms. The van der Waals surface area contributed by atoms with E-state index in [-0.39, 0.29) is 28.9 Å². The van der Waals surface area contributed by atoms with Gasteiger partial charge in [-0.25, -0.2) is 4.39 Å². The minimum Gasteiger partial charge on any atom is -0.508 e. The van der Waals surface area contributed by atoms with Gasteiger partial charge in [-0.1, -0.05) is 0 Å². The Kier molecular flexibility index (Phi) is 4.07. The van der Waals surface area contributed by atoms with Crippen LogP contribution in [0.5, 0.6) is 5.75 Å². The number of rotatable bonds is 3. The molecule has 1 heterocycles. The van der Waals surface area contributed by atoms with Crippen molar-refractivity contribution < 1.29 is 27.5 Å². The molecule has 3 aromatic rings. The van der Waals surface area contributed by atoms with E-state index < -0.39 is 23.5 Å². The Hall–Kier alpha value is -3.10. The van der Waals surface area contributed by atoms with E-state index >= 15 is 0 Å². The number of nitrogens with zero attached hydrogens (tertiary/aromatic N) is 1. The SMILES string of the molecule is O=C(NCc1cc(O)cc(F)c1)c1n[nH]c2ccc(C(F)(F)F)cc12. The van der Waals surface area contributed by atoms with Gasteiger partial charge in [-0.2, -0.15) is 18.3 Å². The molecule has 0 aliphatic heterocycles. The number of fused-ring (bicyclic) bond motifs is 1. The minimum atomic E-state index is -4.54. The molecule has 3 rings (SSSR count). The number of aromatic nitrogens is 2. The topological polar surface area (TPSA) is 78.0 Å². The second-order valence-corrected chi connectivity index (χ2v) is 5.33. The quantitative estimate of drug-likeness (QED) is 0.632. The predicted molar refractivity (Wildman–Crippen MR) is 80.3 cm³/mol. The van der Waals surface area contributed by atoms with Gasteiger partial charge in [-0.05, 0) is 35.9 Å². The van der Waals surface area contributed by atoms with Crippen LogP contribution in [0, 0.1) is 5.82 Å². The molecule has 2 aromatic carbocycles. The number of carbonyl (C=O) groups excluding carboxylic acids is 1. The van der Waals surface area contributed by atoms with Crippen LogP contribution in [0.1, 0.15) is 21.6 Å². The predicted octanol–water partition coefficient (Wildman–Crippen LogP) is 3.36. The third-order valence-electron chi connectivity index (χ3n) is 3.50. The number of hydrogen-bond acceptors (Lipinski definition) is 3. The van der Waals surface area contributed by atoms with Crippen molar-refractivity contribution in [3.8, 4) is 5.75 Å². The zero-order chi connectivity index (χ0) is 18.2. The van der Waals surface area contributed by atoms with Crippen molar-refractivity contribution in [2.75, 3.05) is 0 Å². The minimum absolute atomic E-state index is 0.0226. The fourth-order valence-corrected chi connectivity index (χ4v) is 2.36. The Morgan fingerprint density at radius 1 is 1.20 bits per heavy atom. The van der Waals surface area contributed by atoms with Crippen molar-refractivity contribution in [3.05, 3.63) is 59.0 Å². The first-order valence-corrected chi connectivity index (χ1v) is 7.06. The maximum Gasteiger partial charge on any atom is 0.416 e. The molecular formula is C16H11F4N3O2. The molecule has 0 saturated carbocycles. The fourth-order valence-electron chi connectivity index (χ4n) is 2.36. The van der Waals surface area contributed by atoms with Crippen LogP contribution in [0.15, 0.2) is 36.4 Å². The van der Waals surface area contributed by atoms with Crippen LogP contribution < -0.4 is 5.32 Å². The van der Waals surface area contributed by atoms with Crippen molar-refractivity contribution in [3.63, 3.8) is 0 Å². The van der Waals surface area contributed by atoms with Gasteiger partial charge in [0, 0.05) is 18.0 Å². The first-order chi connectivity index (χ1) is 11.7. The Bertz CT molecular complexity index is 930. The molecule has 0 saturated heterocycles. The highest BCUT2D eigenvalue weighted by molar-refractivity contribution is 6.04. The summed E-state index contributed by atoms with van der Waals surface area (Å²) in [5.41, 5.74) is -0.532. The highest BCUT2D eigenvalue weighted by Gasteiger charge is 2.31. The number of alkyl halides is 3. The molecule has 1 amide bonds. The van der Waals surface area contributed by atoms with E-state index in [1.165, 1.54) is 12.1 Å². The summed E-state index contributed by atoms with van der Waals surface area (Å²) in [5.74, 6) is -1.71. The van der Waals surface area contributed by atoms with E-state index in [0.29, 0.717) is 5.56 Å². The van der Waals surface area contributed by atoms with E-state index in [2.05, 4.69) is 15.5 Å². The number of H-pyrrole nitrogens is 1. The van der Waals surface area contributed by atoms with Crippen LogP contribution in [0.25, 0.3) is 10.9 Å². The third kappa shape index (κ3) is 3.54. The zero-order valence-corrected chi connectivity index (χ0v) is 12.5. The summed E-state index contributed by atoms with van der Waals surface area (Å²) < 4.78 is 51.6. The van der Waals surface area contributed by atoms with E-state index in [1.807, 2.05) is 0 Å². The Labute approximate surface area is 138 Å². The van der Waals surface area contributed by atoms with Gasteiger partial charge >= 0.3 is 6.18 Å². The lowest BCUT2D eigenvalue weighted by atomic mass is 10.1. The van der Waals surface area contributed by atoms with Gasteiger partial charge in [0.05, 0.1) is 11.1 Å². The molecule has 25 heavy (non-hydrogen) atoms. The van der Waals surface area contributed by atoms with Crippen molar-refractivity contribution in [2.24, 2.45) is 0 Å². The molecule has 0 spiro atoms. The largest absolute Gasteiger partial charge is 0.508 e. The van der Waals surface area contributed by atoms with Gasteiger partial charge in [-0.15, -0.1) is 0 Å². The first-order valence-electron chi connectivity index (χ1n) is 7.06. The number of benzene rings is 2. The average Bonchev–Trinajstić information content (AvgIpc) is 2.94. The summed E-state index contributed by atoms with van der Waals surface area (Å²) in [4.78, 5) is 12.2. The lowest BCUT2D eigenvalue weighted by Crippen LogP contribution is -2.23. The lowest BCUT2D eigenvalue weighted by Gasteiger charge is -2.07. The van der Waals surface area contributed by atoms with Crippen LogP contribution >= 0.6 is 0 Å². The highest BCUT2D eigenvalue weighted by atomic mass is 19.4. The third-order valence-corrected chi connectivity index (χ3v) is 3.50. The molecule has 3 N–H and O–H groups in total. The molecule has 0 aliphatic rings. The van der Waals surface area contributed by atoms with Crippen LogP contribution in [0.2, 0.25) is 0 Å². The number of halogens is 4. The fraction of sp³-hybridized carbons (Fsp3) is 0.125. The number of hydrogen-bond donors (Lipinski definition) is 3. The Morgan fingerprint density at radius 2 is 1.96 bits per heavy atom. The molecule has 9 heteroatoms. The van der Waals surface area contributed by atoms with E-state index in [1.54, 1.807) is 0 Å². The van der Waals surface area contributed by atoms with Crippen LogP contribution in [0.4, 0.5) is 17.6 Å². The normalized spacial score (nSPS) is 11.7. The number of phenolic OH excluding ortho intramolecular Hbond substituents is 1. The zero-order valence-electron chi connectivity index (χ0n) is 12.5. The van der Waals surface area contributed by atoms with Gasteiger partial charge in [0.25, 0.3) is 5.91 Å². The first kappa shape index (κ1) is 16.7. The van der Waals surface area contributed by atoms with Crippen LogP contribution in [-0.2, 0) is 12.7 Å². The monoisotopic (exact) mass is 353 g/mol. The second kappa shape index (κ2) is 6.08. The Morgan fingerprint density at radius 3 is 2.64 bits per heavy atom. The van der Waals surface area contributed by atoms with Crippen molar-refractivity contribution in [2.45, 2.75) is 12.7 Å². The van der Waals surface area contributed by atoms with Gasteiger partial charge in [0.1, 0.15) is 11.6 Å². The van der Waals surface area contributed by atoms with Gasteiger partial charge in [0.15, 0.2) is 5.69 Å². The van der Waals surface area contributed by atoms with Crippen molar-refractivity contribution >= 4 is 16.8 Å². The molecular weight excluding hydrogens is 342 g/mol. The maximum absolute atomic E-state index is 13.2. The number of nitrogens with one attached hydrogen (secondary N) is 2. The molecule has 0 atom stereocenters. The second-order valence-electron chi connectivity index (χ2n) is 5.33. The van der Waals surface area contributed by atoms with Gasteiger partial charge in [-0.3, -0.25) is 9.89 Å². The lowest BCUT2D eigenvalue weighted by molar-refractivity contribution is -0.137. The van der Waals surface area contributed by atoms with E-state index in [9.17, 15) is 27.5 Å². The van der Waals surface area contributed by atoms with Crippen molar-refractivity contribution in [1.82, 2.24) is 15.5 Å². The van der Waals surface area contributed by atoms with E-state index in [4.69, 9.17) is 0 Å². The van der Waals surface area contributed by atoms with Gasteiger partial charge in [0.2, 0.25) is 0 Å². The van der Waals surface area contributed by atoms with Crippen molar-refractivity contribution in [1.29, 1.82) is 0 Å². The number of aromatic amines is 1. The summed E-state index contributed by atoms with van der Waals surface area (Å²) in [5, 5.41) is 18.0. The van der Waals surface area contributed by atoms with Crippen LogP contribution in [0.3, 0.4) is 0 Å². The number of aromatic hydroxyl groups is 1. The van der Waals surface area contributed by atoms with Gasteiger partial charge < -0.3 is 10.4 Å². The summed E-state index contributed by atoms with van der Waals surface area (Å²) in [6.07, 6.45) is -4.54. The molecule has 1 aromatic heterocycles.